The largest absolute Gasteiger partial charge is 0.377 e. The van der Waals surface area contributed by atoms with Gasteiger partial charge in [-0.25, -0.2) is 0 Å². The minimum Gasteiger partial charge on any atom is -0.377 e. The van der Waals surface area contributed by atoms with Crippen molar-refractivity contribution in [2.24, 2.45) is 7.05 Å². The van der Waals surface area contributed by atoms with Crippen molar-refractivity contribution in [3.05, 3.63) is 47.3 Å². The molecule has 2 aromatic rings. The molecule has 4 heteroatoms. The second kappa shape index (κ2) is 4.46. The Morgan fingerprint density at radius 2 is 2.11 bits per heavy atom. The Hall–Kier alpha value is -1.81. The Kier molecular flexibility index (Phi) is 2.80. The monoisotopic (exact) mass is 243 g/mol. The number of aryl methyl sites for hydroxylation is 1. The van der Waals surface area contributed by atoms with Crippen molar-refractivity contribution in [3.63, 3.8) is 0 Å². The van der Waals surface area contributed by atoms with Gasteiger partial charge < -0.3 is 10.1 Å². The van der Waals surface area contributed by atoms with Crippen LogP contribution in [0.3, 0.4) is 0 Å². The smallest absolute Gasteiger partial charge is 0.0725 e. The van der Waals surface area contributed by atoms with Crippen molar-refractivity contribution >= 4 is 5.69 Å². The maximum absolute atomic E-state index is 5.42. The molecule has 0 saturated heterocycles. The lowest BCUT2D eigenvalue weighted by molar-refractivity contribution is 0.134. The first-order valence-corrected chi connectivity index (χ1v) is 6.18. The van der Waals surface area contributed by atoms with Crippen molar-refractivity contribution in [1.82, 2.24) is 9.78 Å². The number of rotatable bonds is 3. The van der Waals surface area contributed by atoms with E-state index in [1.165, 1.54) is 16.8 Å². The van der Waals surface area contributed by atoms with Crippen LogP contribution < -0.4 is 5.32 Å². The summed E-state index contributed by atoms with van der Waals surface area (Å²) in [6, 6.07) is 8.70. The first-order valence-electron chi connectivity index (χ1n) is 6.18. The molecule has 0 amide bonds. The predicted octanol–water partition coefficient (Wildman–Crippen LogP) is 2.62. The Bertz CT molecular complexity index is 562. The molecule has 1 unspecified atom stereocenters. The van der Waals surface area contributed by atoms with Crippen molar-refractivity contribution in [2.45, 2.75) is 26.2 Å². The summed E-state index contributed by atoms with van der Waals surface area (Å²) in [6.45, 7) is 3.61. The number of benzene rings is 1. The average Bonchev–Trinajstić information content (AvgIpc) is 2.96. The van der Waals surface area contributed by atoms with Crippen LogP contribution in [0.1, 0.15) is 29.8 Å². The SMILES string of the molecule is CC(Nc1ccc2c(c1)COC2)c1ccnn1C. The third-order valence-electron chi connectivity index (χ3n) is 3.41. The van der Waals surface area contributed by atoms with Gasteiger partial charge in [0, 0.05) is 18.9 Å². The summed E-state index contributed by atoms with van der Waals surface area (Å²) in [7, 11) is 1.96. The van der Waals surface area contributed by atoms with Gasteiger partial charge >= 0.3 is 0 Å². The molecule has 1 atom stereocenters. The van der Waals surface area contributed by atoms with Gasteiger partial charge in [0.05, 0.1) is 24.9 Å². The molecule has 0 fully saturated rings. The van der Waals surface area contributed by atoms with Gasteiger partial charge in [0.1, 0.15) is 0 Å². The molecule has 1 aliphatic rings. The van der Waals surface area contributed by atoms with E-state index in [1.54, 1.807) is 0 Å². The second-order valence-electron chi connectivity index (χ2n) is 4.72. The highest BCUT2D eigenvalue weighted by atomic mass is 16.5. The number of hydrogen-bond donors (Lipinski definition) is 1. The zero-order valence-corrected chi connectivity index (χ0v) is 10.7. The molecular formula is C14H17N3O. The molecule has 18 heavy (non-hydrogen) atoms. The first-order chi connectivity index (χ1) is 8.74. The van der Waals surface area contributed by atoms with E-state index in [2.05, 4.69) is 35.5 Å². The van der Waals surface area contributed by atoms with Gasteiger partial charge in [-0.05, 0) is 36.2 Å². The quantitative estimate of drug-likeness (QED) is 0.900. The Morgan fingerprint density at radius 3 is 2.89 bits per heavy atom. The number of fused-ring (bicyclic) bond motifs is 1. The highest BCUT2D eigenvalue weighted by molar-refractivity contribution is 5.50. The fraction of sp³-hybridized carbons (Fsp3) is 0.357. The van der Waals surface area contributed by atoms with Gasteiger partial charge in [-0.3, -0.25) is 4.68 Å². The maximum Gasteiger partial charge on any atom is 0.0725 e. The van der Waals surface area contributed by atoms with E-state index in [4.69, 9.17) is 4.74 Å². The lowest BCUT2D eigenvalue weighted by Crippen LogP contribution is -2.11. The van der Waals surface area contributed by atoms with Gasteiger partial charge in [-0.15, -0.1) is 0 Å². The molecule has 0 bridgehead atoms. The molecule has 1 aromatic heterocycles. The van der Waals surface area contributed by atoms with E-state index in [1.807, 2.05) is 24.0 Å². The second-order valence-corrected chi connectivity index (χ2v) is 4.72. The van der Waals surface area contributed by atoms with E-state index in [9.17, 15) is 0 Å². The molecule has 0 spiro atoms. The van der Waals surface area contributed by atoms with Gasteiger partial charge in [-0.2, -0.15) is 5.10 Å². The lowest BCUT2D eigenvalue weighted by atomic mass is 10.1. The van der Waals surface area contributed by atoms with Crippen LogP contribution >= 0.6 is 0 Å². The third-order valence-corrected chi connectivity index (χ3v) is 3.41. The summed E-state index contributed by atoms with van der Waals surface area (Å²) >= 11 is 0. The predicted molar refractivity (Wildman–Crippen MR) is 70.2 cm³/mol. The van der Waals surface area contributed by atoms with Crippen LogP contribution in [-0.4, -0.2) is 9.78 Å². The van der Waals surface area contributed by atoms with E-state index in [-0.39, 0.29) is 6.04 Å². The molecule has 0 aliphatic carbocycles. The van der Waals surface area contributed by atoms with Crippen molar-refractivity contribution in [1.29, 1.82) is 0 Å². The Balaban J connectivity index is 1.79. The molecule has 3 rings (SSSR count). The topological polar surface area (TPSA) is 39.1 Å². The van der Waals surface area contributed by atoms with E-state index >= 15 is 0 Å². The summed E-state index contributed by atoms with van der Waals surface area (Å²) in [5.41, 5.74) is 4.89. The molecule has 1 N–H and O–H groups in total. The molecule has 1 aliphatic heterocycles. The van der Waals surface area contributed by atoms with Crippen molar-refractivity contribution in [3.8, 4) is 0 Å². The molecule has 4 nitrogen and oxygen atoms in total. The molecule has 0 radical (unpaired) electrons. The highest BCUT2D eigenvalue weighted by Crippen LogP contribution is 2.25. The Morgan fingerprint density at radius 1 is 1.28 bits per heavy atom. The van der Waals surface area contributed by atoms with Crippen LogP contribution in [0.25, 0.3) is 0 Å². The zero-order valence-electron chi connectivity index (χ0n) is 10.7. The minimum absolute atomic E-state index is 0.234. The summed E-state index contributed by atoms with van der Waals surface area (Å²) in [4.78, 5) is 0. The van der Waals surface area contributed by atoms with Gasteiger partial charge in [0.2, 0.25) is 0 Å². The molecule has 2 heterocycles. The van der Waals surface area contributed by atoms with E-state index in [0.717, 1.165) is 18.9 Å². The number of nitrogens with zero attached hydrogens (tertiary/aromatic N) is 2. The van der Waals surface area contributed by atoms with Crippen LogP contribution in [0.15, 0.2) is 30.5 Å². The standard InChI is InChI=1S/C14H17N3O/c1-10(14-5-6-15-17(14)2)16-13-4-3-11-8-18-9-12(11)7-13/h3-7,10,16H,8-9H2,1-2H3. The van der Waals surface area contributed by atoms with Gasteiger partial charge in [0.25, 0.3) is 0 Å². The highest BCUT2D eigenvalue weighted by Gasteiger charge is 2.13. The van der Waals surface area contributed by atoms with E-state index < -0.39 is 0 Å². The van der Waals surface area contributed by atoms with Crippen LogP contribution in [0.4, 0.5) is 5.69 Å². The lowest BCUT2D eigenvalue weighted by Gasteiger charge is -2.16. The molecule has 94 valence electrons. The van der Waals surface area contributed by atoms with E-state index in [0.29, 0.717) is 0 Å². The summed E-state index contributed by atoms with van der Waals surface area (Å²) in [6.07, 6.45) is 1.82. The summed E-state index contributed by atoms with van der Waals surface area (Å²) < 4.78 is 7.32. The maximum atomic E-state index is 5.42. The number of aromatic nitrogens is 2. The van der Waals surface area contributed by atoms with Crippen LogP contribution in [0, 0.1) is 0 Å². The van der Waals surface area contributed by atoms with Crippen molar-refractivity contribution < 1.29 is 4.74 Å². The number of hydrogen-bond acceptors (Lipinski definition) is 3. The number of nitrogens with one attached hydrogen (secondary N) is 1. The minimum atomic E-state index is 0.234. The molecule has 0 saturated carbocycles. The normalized spacial score (nSPS) is 15.4. The van der Waals surface area contributed by atoms with Gasteiger partial charge in [0.15, 0.2) is 0 Å². The fourth-order valence-electron chi connectivity index (χ4n) is 2.39. The first kappa shape index (κ1) is 11.3. The van der Waals surface area contributed by atoms with Crippen LogP contribution in [0.2, 0.25) is 0 Å². The van der Waals surface area contributed by atoms with Gasteiger partial charge in [-0.1, -0.05) is 6.07 Å². The summed E-state index contributed by atoms with van der Waals surface area (Å²) in [5, 5.41) is 7.69. The number of ether oxygens (including phenoxy) is 1. The Labute approximate surface area is 107 Å². The summed E-state index contributed by atoms with van der Waals surface area (Å²) in [5.74, 6) is 0. The molecular weight excluding hydrogens is 226 g/mol. The average molecular weight is 243 g/mol. The number of anilines is 1. The fourth-order valence-corrected chi connectivity index (χ4v) is 2.39. The van der Waals surface area contributed by atoms with Crippen LogP contribution in [-0.2, 0) is 25.0 Å². The molecule has 1 aromatic carbocycles. The third kappa shape index (κ3) is 1.99. The zero-order chi connectivity index (χ0) is 12.5. The van der Waals surface area contributed by atoms with Crippen molar-refractivity contribution in [2.75, 3.05) is 5.32 Å². The van der Waals surface area contributed by atoms with Crippen LogP contribution in [0.5, 0.6) is 0 Å².